The van der Waals surface area contributed by atoms with Crippen LogP contribution in [0.1, 0.15) is 51.9 Å². The van der Waals surface area contributed by atoms with E-state index in [1.54, 1.807) is 0 Å². The lowest BCUT2D eigenvalue weighted by Gasteiger charge is -2.48. The third-order valence-corrected chi connectivity index (χ3v) is 4.67. The molecule has 0 bridgehead atoms. The number of alkyl halides is 3. The number of rotatable bonds is 4. The van der Waals surface area contributed by atoms with E-state index in [1.807, 2.05) is 0 Å². The van der Waals surface area contributed by atoms with Gasteiger partial charge < -0.3 is 5.32 Å². The van der Waals surface area contributed by atoms with E-state index in [2.05, 4.69) is 17.1 Å². The zero-order valence-corrected chi connectivity index (χ0v) is 11.7. The van der Waals surface area contributed by atoms with Crippen LogP contribution in [0.25, 0.3) is 0 Å². The molecule has 0 aromatic heterocycles. The van der Waals surface area contributed by atoms with Gasteiger partial charge in [0.05, 0.1) is 6.42 Å². The Morgan fingerprint density at radius 3 is 2.53 bits per heavy atom. The summed E-state index contributed by atoms with van der Waals surface area (Å²) in [5.41, 5.74) is 0.00942. The lowest BCUT2D eigenvalue weighted by atomic mass is 9.90. The van der Waals surface area contributed by atoms with Gasteiger partial charge in [0.1, 0.15) is 0 Å². The van der Waals surface area contributed by atoms with Gasteiger partial charge in [0.2, 0.25) is 0 Å². The third kappa shape index (κ3) is 3.85. The van der Waals surface area contributed by atoms with Crippen LogP contribution in [0.5, 0.6) is 0 Å². The van der Waals surface area contributed by atoms with Crippen LogP contribution < -0.4 is 5.32 Å². The van der Waals surface area contributed by atoms with Crippen LogP contribution >= 0.6 is 0 Å². The van der Waals surface area contributed by atoms with Crippen molar-refractivity contribution in [2.24, 2.45) is 0 Å². The summed E-state index contributed by atoms with van der Waals surface area (Å²) < 4.78 is 37.5. The first kappa shape index (κ1) is 15.1. The lowest BCUT2D eigenvalue weighted by Crippen LogP contribution is -2.63. The van der Waals surface area contributed by atoms with Gasteiger partial charge in [0.25, 0.3) is 0 Å². The Morgan fingerprint density at radius 2 is 1.95 bits per heavy atom. The number of piperazine rings is 1. The maximum Gasteiger partial charge on any atom is 0.390 e. The monoisotopic (exact) mass is 278 g/mol. The molecule has 1 aliphatic carbocycles. The molecule has 0 radical (unpaired) electrons. The van der Waals surface area contributed by atoms with Gasteiger partial charge >= 0.3 is 6.18 Å². The van der Waals surface area contributed by atoms with E-state index in [4.69, 9.17) is 0 Å². The minimum atomic E-state index is -4.04. The molecule has 0 aromatic rings. The molecule has 2 rings (SSSR count). The zero-order valence-electron chi connectivity index (χ0n) is 11.7. The predicted octanol–water partition coefficient (Wildman–Crippen LogP) is 3.33. The molecule has 0 amide bonds. The van der Waals surface area contributed by atoms with Crippen LogP contribution in [0.4, 0.5) is 13.2 Å². The summed E-state index contributed by atoms with van der Waals surface area (Å²) in [5.74, 6) is 0. The summed E-state index contributed by atoms with van der Waals surface area (Å²) in [6.45, 7) is 3.95. The van der Waals surface area contributed by atoms with Crippen molar-refractivity contribution in [2.75, 3.05) is 19.6 Å². The standard InChI is InChI=1S/C14H25F3N2/c1-2-5-12-10-19(9-8-14(15,16)17)13(11-18-12)6-3-4-7-13/h12,18H,2-11H2,1H3. The molecule has 2 aliphatic rings. The Morgan fingerprint density at radius 1 is 1.26 bits per heavy atom. The molecule has 1 heterocycles. The fourth-order valence-corrected chi connectivity index (χ4v) is 3.63. The minimum absolute atomic E-state index is 0.00942. The average molecular weight is 278 g/mol. The van der Waals surface area contributed by atoms with Crippen LogP contribution in [0.3, 0.4) is 0 Å². The predicted molar refractivity (Wildman–Crippen MR) is 70.1 cm³/mol. The van der Waals surface area contributed by atoms with Crippen molar-refractivity contribution in [3.05, 3.63) is 0 Å². The SMILES string of the molecule is CCCC1CN(CCC(F)(F)F)C2(CCCC2)CN1. The first-order valence-electron chi connectivity index (χ1n) is 7.50. The van der Waals surface area contributed by atoms with Crippen molar-refractivity contribution in [1.29, 1.82) is 0 Å². The summed E-state index contributed by atoms with van der Waals surface area (Å²) in [4.78, 5) is 2.14. The van der Waals surface area contributed by atoms with Gasteiger partial charge in [-0.25, -0.2) is 0 Å². The largest absolute Gasteiger partial charge is 0.390 e. The highest BCUT2D eigenvalue weighted by molar-refractivity contribution is 5.01. The van der Waals surface area contributed by atoms with Crippen molar-refractivity contribution >= 4 is 0 Å². The molecule has 5 heteroatoms. The summed E-state index contributed by atoms with van der Waals surface area (Å²) >= 11 is 0. The Balaban J connectivity index is 1.98. The lowest BCUT2D eigenvalue weighted by molar-refractivity contribution is -0.142. The van der Waals surface area contributed by atoms with Gasteiger partial charge in [0.15, 0.2) is 0 Å². The van der Waals surface area contributed by atoms with Crippen molar-refractivity contribution < 1.29 is 13.2 Å². The van der Waals surface area contributed by atoms with E-state index in [9.17, 15) is 13.2 Å². The highest BCUT2D eigenvalue weighted by atomic mass is 19.4. The Kier molecular flexibility index (Phi) is 4.77. The molecular formula is C14H25F3N2. The zero-order chi connectivity index (χ0) is 13.9. The summed E-state index contributed by atoms with van der Waals surface area (Å²) in [5, 5.41) is 3.56. The number of hydrogen-bond acceptors (Lipinski definition) is 2. The van der Waals surface area contributed by atoms with Gasteiger partial charge in [-0.05, 0) is 19.3 Å². The molecule has 1 aliphatic heterocycles. The Hall–Kier alpha value is -0.290. The van der Waals surface area contributed by atoms with Crippen LogP contribution in [-0.4, -0.2) is 42.3 Å². The highest BCUT2D eigenvalue weighted by Crippen LogP contribution is 2.38. The van der Waals surface area contributed by atoms with Crippen molar-refractivity contribution in [1.82, 2.24) is 10.2 Å². The number of hydrogen-bond donors (Lipinski definition) is 1. The van der Waals surface area contributed by atoms with E-state index in [-0.39, 0.29) is 12.1 Å². The highest BCUT2D eigenvalue weighted by Gasteiger charge is 2.44. The van der Waals surface area contributed by atoms with E-state index >= 15 is 0 Å². The van der Waals surface area contributed by atoms with E-state index < -0.39 is 12.6 Å². The van der Waals surface area contributed by atoms with Crippen LogP contribution in [0, 0.1) is 0 Å². The summed E-state index contributed by atoms with van der Waals surface area (Å²) in [7, 11) is 0. The second kappa shape index (κ2) is 6.00. The smallest absolute Gasteiger partial charge is 0.311 e. The second-order valence-corrected chi connectivity index (χ2v) is 6.11. The Labute approximate surface area is 113 Å². The van der Waals surface area contributed by atoms with E-state index in [0.717, 1.165) is 51.6 Å². The molecular weight excluding hydrogens is 253 g/mol. The quantitative estimate of drug-likeness (QED) is 0.848. The van der Waals surface area contributed by atoms with Gasteiger partial charge in [-0.15, -0.1) is 0 Å². The topological polar surface area (TPSA) is 15.3 Å². The second-order valence-electron chi connectivity index (χ2n) is 6.11. The van der Waals surface area contributed by atoms with Gasteiger partial charge in [-0.2, -0.15) is 13.2 Å². The van der Waals surface area contributed by atoms with E-state index in [1.165, 1.54) is 0 Å². The molecule has 1 unspecified atom stereocenters. The fourth-order valence-electron chi connectivity index (χ4n) is 3.63. The Bertz CT molecular complexity index is 285. The van der Waals surface area contributed by atoms with Crippen LogP contribution in [-0.2, 0) is 0 Å². The van der Waals surface area contributed by atoms with Crippen molar-refractivity contribution in [3.63, 3.8) is 0 Å². The number of nitrogens with zero attached hydrogens (tertiary/aromatic N) is 1. The van der Waals surface area contributed by atoms with Crippen LogP contribution in [0.15, 0.2) is 0 Å². The van der Waals surface area contributed by atoms with Gasteiger partial charge in [0, 0.05) is 31.2 Å². The first-order valence-corrected chi connectivity index (χ1v) is 7.50. The number of halogens is 3. The van der Waals surface area contributed by atoms with Crippen LogP contribution in [0.2, 0.25) is 0 Å². The van der Waals surface area contributed by atoms with Gasteiger partial charge in [-0.3, -0.25) is 4.90 Å². The molecule has 112 valence electrons. The molecule has 0 aromatic carbocycles. The fraction of sp³-hybridized carbons (Fsp3) is 1.00. The molecule has 1 saturated heterocycles. The molecule has 19 heavy (non-hydrogen) atoms. The maximum absolute atomic E-state index is 12.5. The normalized spacial score (nSPS) is 28.1. The molecule has 2 nitrogen and oxygen atoms in total. The summed E-state index contributed by atoms with van der Waals surface area (Å²) in [6, 6.07) is 0.365. The molecule has 1 N–H and O–H groups in total. The molecule has 1 saturated carbocycles. The minimum Gasteiger partial charge on any atom is -0.311 e. The first-order chi connectivity index (χ1) is 8.95. The van der Waals surface area contributed by atoms with Crippen molar-refractivity contribution in [3.8, 4) is 0 Å². The number of nitrogens with one attached hydrogen (secondary N) is 1. The molecule has 1 atom stereocenters. The third-order valence-electron chi connectivity index (χ3n) is 4.67. The maximum atomic E-state index is 12.5. The molecule has 2 fully saturated rings. The van der Waals surface area contributed by atoms with E-state index in [0.29, 0.717) is 6.04 Å². The summed E-state index contributed by atoms with van der Waals surface area (Å²) in [6.07, 6.45) is 1.84. The molecule has 1 spiro atoms. The average Bonchev–Trinajstić information content (AvgIpc) is 2.79. The van der Waals surface area contributed by atoms with Gasteiger partial charge in [-0.1, -0.05) is 26.2 Å². The van der Waals surface area contributed by atoms with Crippen molar-refractivity contribution in [2.45, 2.75) is 69.6 Å².